The zero-order valence-corrected chi connectivity index (χ0v) is 9.16. The first-order chi connectivity index (χ1) is 7.42. The molecule has 84 valence electrons. The molecule has 1 aliphatic rings. The summed E-state index contributed by atoms with van der Waals surface area (Å²) >= 11 is 0. The molecule has 1 N–H and O–H groups in total. The topological polar surface area (TPSA) is 47.3 Å². The summed E-state index contributed by atoms with van der Waals surface area (Å²) in [5.41, 5.74) is 1.04. The van der Waals surface area contributed by atoms with Crippen LogP contribution in [0.5, 0.6) is 0 Å². The van der Waals surface area contributed by atoms with Gasteiger partial charge in [0.15, 0.2) is 6.39 Å². The molecule has 4 heteroatoms. The van der Waals surface area contributed by atoms with E-state index in [2.05, 4.69) is 17.2 Å². The number of rotatable bonds is 5. The molecule has 0 bridgehead atoms. The Morgan fingerprint density at radius 3 is 3.27 bits per heavy atom. The number of oxazole rings is 1. The lowest BCUT2D eigenvalue weighted by Gasteiger charge is -2.06. The molecular formula is C11H18N2O2. The third-order valence-electron chi connectivity index (χ3n) is 2.69. The highest BCUT2D eigenvalue weighted by molar-refractivity contribution is 5.13. The normalized spacial score (nSPS) is 21.0. The first kappa shape index (κ1) is 10.6. The zero-order chi connectivity index (χ0) is 10.5. The van der Waals surface area contributed by atoms with E-state index >= 15 is 0 Å². The molecule has 1 aliphatic heterocycles. The Bertz CT molecular complexity index is 293. The van der Waals surface area contributed by atoms with E-state index in [-0.39, 0.29) is 0 Å². The lowest BCUT2D eigenvalue weighted by atomic mass is 10.0. The number of nitrogens with one attached hydrogen (secondary N) is 1. The average molecular weight is 210 g/mol. The Kier molecular flexibility index (Phi) is 3.75. The van der Waals surface area contributed by atoms with E-state index in [1.54, 1.807) is 0 Å². The first-order valence-electron chi connectivity index (χ1n) is 5.62. The van der Waals surface area contributed by atoms with Crippen molar-refractivity contribution in [1.82, 2.24) is 10.3 Å². The van der Waals surface area contributed by atoms with E-state index in [9.17, 15) is 0 Å². The molecule has 1 aromatic heterocycles. The molecule has 2 rings (SSSR count). The molecular weight excluding hydrogens is 192 g/mol. The largest absolute Gasteiger partial charge is 0.448 e. The van der Waals surface area contributed by atoms with Crippen LogP contribution in [0.4, 0.5) is 0 Å². The summed E-state index contributed by atoms with van der Waals surface area (Å²) in [6, 6.07) is 0. The second-order valence-electron chi connectivity index (χ2n) is 3.90. The Hall–Kier alpha value is -0.870. The van der Waals surface area contributed by atoms with Crippen molar-refractivity contribution in [2.75, 3.05) is 19.8 Å². The fraction of sp³-hybridized carbons (Fsp3) is 0.727. The predicted molar refractivity (Wildman–Crippen MR) is 56.7 cm³/mol. The Morgan fingerprint density at radius 1 is 1.60 bits per heavy atom. The smallest absolute Gasteiger partial charge is 0.181 e. The molecule has 1 aromatic rings. The minimum Gasteiger partial charge on any atom is -0.448 e. The quantitative estimate of drug-likeness (QED) is 0.751. The van der Waals surface area contributed by atoms with Gasteiger partial charge in [0, 0.05) is 19.1 Å². The van der Waals surface area contributed by atoms with Crippen LogP contribution in [0.3, 0.4) is 0 Å². The van der Waals surface area contributed by atoms with Crippen LogP contribution in [-0.4, -0.2) is 24.7 Å². The Labute approximate surface area is 90.0 Å². The van der Waals surface area contributed by atoms with Crippen LogP contribution < -0.4 is 5.32 Å². The highest BCUT2D eigenvalue weighted by Crippen LogP contribution is 2.27. The van der Waals surface area contributed by atoms with Crippen molar-refractivity contribution in [2.24, 2.45) is 0 Å². The van der Waals surface area contributed by atoms with Gasteiger partial charge < -0.3 is 14.5 Å². The summed E-state index contributed by atoms with van der Waals surface area (Å²) in [5.74, 6) is 1.42. The number of hydrogen-bond donors (Lipinski definition) is 1. The Morgan fingerprint density at radius 2 is 2.53 bits per heavy atom. The van der Waals surface area contributed by atoms with Crippen molar-refractivity contribution in [3.8, 4) is 0 Å². The molecule has 2 heterocycles. The third-order valence-corrected chi connectivity index (χ3v) is 2.69. The van der Waals surface area contributed by atoms with Crippen molar-refractivity contribution in [3.05, 3.63) is 17.8 Å². The first-order valence-corrected chi connectivity index (χ1v) is 5.62. The third kappa shape index (κ3) is 2.58. The van der Waals surface area contributed by atoms with Gasteiger partial charge in [0.2, 0.25) is 0 Å². The van der Waals surface area contributed by atoms with Crippen LogP contribution in [0.1, 0.15) is 37.1 Å². The van der Waals surface area contributed by atoms with E-state index in [0.29, 0.717) is 5.92 Å². The van der Waals surface area contributed by atoms with Gasteiger partial charge in [-0.1, -0.05) is 6.92 Å². The Balaban J connectivity index is 1.95. The molecule has 1 saturated heterocycles. The molecule has 0 spiro atoms. The van der Waals surface area contributed by atoms with Crippen LogP contribution in [0.25, 0.3) is 0 Å². The van der Waals surface area contributed by atoms with Crippen molar-refractivity contribution >= 4 is 0 Å². The van der Waals surface area contributed by atoms with Crippen LogP contribution >= 0.6 is 0 Å². The molecule has 4 nitrogen and oxygen atoms in total. The fourth-order valence-corrected chi connectivity index (χ4v) is 1.87. The maximum atomic E-state index is 5.45. The van der Waals surface area contributed by atoms with Gasteiger partial charge in [-0.15, -0.1) is 0 Å². The van der Waals surface area contributed by atoms with E-state index in [0.717, 1.165) is 50.6 Å². The number of aromatic nitrogens is 1. The van der Waals surface area contributed by atoms with Crippen LogP contribution in [-0.2, 0) is 11.3 Å². The molecule has 1 fully saturated rings. The summed E-state index contributed by atoms with van der Waals surface area (Å²) < 4.78 is 10.8. The van der Waals surface area contributed by atoms with Crippen LogP contribution in [0, 0.1) is 0 Å². The lowest BCUT2D eigenvalue weighted by Crippen LogP contribution is -2.16. The van der Waals surface area contributed by atoms with Crippen LogP contribution in [0.2, 0.25) is 0 Å². The van der Waals surface area contributed by atoms with Crippen molar-refractivity contribution < 1.29 is 9.15 Å². The second-order valence-corrected chi connectivity index (χ2v) is 3.90. The molecule has 0 radical (unpaired) electrons. The zero-order valence-electron chi connectivity index (χ0n) is 9.16. The van der Waals surface area contributed by atoms with E-state index in [4.69, 9.17) is 9.15 Å². The molecule has 1 atom stereocenters. The molecule has 0 saturated carbocycles. The molecule has 1 unspecified atom stereocenters. The van der Waals surface area contributed by atoms with E-state index in [1.165, 1.54) is 6.39 Å². The van der Waals surface area contributed by atoms with E-state index in [1.807, 2.05) is 0 Å². The maximum Gasteiger partial charge on any atom is 0.181 e. The highest BCUT2D eigenvalue weighted by Gasteiger charge is 2.24. The van der Waals surface area contributed by atoms with Crippen molar-refractivity contribution in [3.63, 3.8) is 0 Å². The summed E-state index contributed by atoms with van der Waals surface area (Å²) in [4.78, 5) is 4.25. The van der Waals surface area contributed by atoms with Crippen molar-refractivity contribution in [1.29, 1.82) is 0 Å². The summed E-state index contributed by atoms with van der Waals surface area (Å²) in [6.45, 7) is 5.59. The molecule has 0 amide bonds. The van der Waals surface area contributed by atoms with Crippen molar-refractivity contribution in [2.45, 2.75) is 32.2 Å². The number of hydrogen-bond acceptors (Lipinski definition) is 4. The van der Waals surface area contributed by atoms with Gasteiger partial charge in [0.25, 0.3) is 0 Å². The molecule has 15 heavy (non-hydrogen) atoms. The minimum absolute atomic E-state index is 0.408. The van der Waals surface area contributed by atoms with Gasteiger partial charge in [-0.25, -0.2) is 4.98 Å². The average Bonchev–Trinajstić information content (AvgIpc) is 2.87. The molecule has 0 aliphatic carbocycles. The highest BCUT2D eigenvalue weighted by atomic mass is 16.5. The van der Waals surface area contributed by atoms with Gasteiger partial charge in [0.05, 0.1) is 12.3 Å². The summed E-state index contributed by atoms with van der Waals surface area (Å²) in [5, 5.41) is 3.34. The standard InChI is InChI=1S/C11H18N2O2/c1-2-4-12-6-10-11(15-8-13-10)9-3-5-14-7-9/h8-9,12H,2-7H2,1H3. The number of ether oxygens (including phenoxy) is 1. The van der Waals surface area contributed by atoms with Gasteiger partial charge in [-0.2, -0.15) is 0 Å². The minimum atomic E-state index is 0.408. The molecule has 0 aromatic carbocycles. The predicted octanol–water partition coefficient (Wildman–Crippen LogP) is 1.68. The summed E-state index contributed by atoms with van der Waals surface area (Å²) in [6.07, 6.45) is 3.73. The van der Waals surface area contributed by atoms with E-state index < -0.39 is 0 Å². The second kappa shape index (κ2) is 5.28. The van der Waals surface area contributed by atoms with Gasteiger partial charge in [-0.05, 0) is 19.4 Å². The SMILES string of the molecule is CCCNCc1ncoc1C1CCOC1. The fourth-order valence-electron chi connectivity index (χ4n) is 1.87. The summed E-state index contributed by atoms with van der Waals surface area (Å²) in [7, 11) is 0. The van der Waals surface area contributed by atoms with Crippen LogP contribution in [0.15, 0.2) is 10.8 Å². The maximum absolute atomic E-state index is 5.45. The van der Waals surface area contributed by atoms with Gasteiger partial charge in [-0.3, -0.25) is 0 Å². The number of nitrogens with zero attached hydrogens (tertiary/aromatic N) is 1. The monoisotopic (exact) mass is 210 g/mol. The van der Waals surface area contributed by atoms with Gasteiger partial charge >= 0.3 is 0 Å². The van der Waals surface area contributed by atoms with Gasteiger partial charge in [0.1, 0.15) is 5.76 Å². The lowest BCUT2D eigenvalue weighted by molar-refractivity contribution is 0.191.